The third-order valence-corrected chi connectivity index (χ3v) is 4.58. The molecular formula is C15H18BrN3OS. The maximum Gasteiger partial charge on any atom is 0.235 e. The summed E-state index contributed by atoms with van der Waals surface area (Å²) in [6.45, 7) is 4.93. The molecule has 2 aromatic rings. The van der Waals surface area contributed by atoms with Gasteiger partial charge in [-0.15, -0.1) is 11.8 Å². The van der Waals surface area contributed by atoms with Crippen LogP contribution in [0.5, 0.6) is 0 Å². The number of aromatic nitrogens is 2. The van der Waals surface area contributed by atoms with Crippen molar-refractivity contribution in [3.63, 3.8) is 0 Å². The average molecular weight is 368 g/mol. The summed E-state index contributed by atoms with van der Waals surface area (Å²) in [6.07, 6.45) is 2.69. The Labute approximate surface area is 137 Å². The van der Waals surface area contributed by atoms with Crippen LogP contribution in [0.15, 0.2) is 39.8 Å². The summed E-state index contributed by atoms with van der Waals surface area (Å²) in [7, 11) is 0. The van der Waals surface area contributed by atoms with E-state index in [1.165, 1.54) is 0 Å². The van der Waals surface area contributed by atoms with Crippen LogP contribution in [0.3, 0.4) is 0 Å². The van der Waals surface area contributed by atoms with E-state index in [0.29, 0.717) is 5.75 Å². The van der Waals surface area contributed by atoms with Crippen LogP contribution in [-0.4, -0.2) is 21.4 Å². The largest absolute Gasteiger partial charge is 0.310 e. The molecule has 1 aromatic carbocycles. The number of hydrogen-bond donors (Lipinski definition) is 1. The van der Waals surface area contributed by atoms with Crippen molar-refractivity contribution in [2.75, 3.05) is 11.1 Å². The topological polar surface area (TPSA) is 46.9 Å². The monoisotopic (exact) mass is 367 g/mol. The molecule has 0 saturated heterocycles. The molecule has 0 atom stereocenters. The average Bonchev–Trinajstić information content (AvgIpc) is 2.85. The highest BCUT2D eigenvalue weighted by Crippen LogP contribution is 2.25. The summed E-state index contributed by atoms with van der Waals surface area (Å²) in [4.78, 5) is 13.2. The van der Waals surface area contributed by atoms with Crippen molar-refractivity contribution in [2.45, 2.75) is 31.7 Å². The van der Waals surface area contributed by atoms with Crippen molar-refractivity contribution < 1.29 is 4.79 Å². The molecule has 1 amide bonds. The van der Waals surface area contributed by atoms with Gasteiger partial charge in [-0.1, -0.05) is 22.9 Å². The lowest BCUT2D eigenvalue weighted by molar-refractivity contribution is -0.113. The molecule has 0 fully saturated rings. The second kappa shape index (κ2) is 7.66. The molecule has 0 spiro atoms. The Kier molecular flexibility index (Phi) is 5.87. The molecule has 1 N–H and O–H groups in total. The molecule has 0 aliphatic heterocycles. The minimum atomic E-state index is -0.0137. The van der Waals surface area contributed by atoms with Crippen molar-refractivity contribution in [1.29, 1.82) is 0 Å². The van der Waals surface area contributed by atoms with Crippen LogP contribution in [0.2, 0.25) is 0 Å². The zero-order valence-electron chi connectivity index (χ0n) is 12.1. The summed E-state index contributed by atoms with van der Waals surface area (Å²) < 4.78 is 2.87. The third kappa shape index (κ3) is 4.61. The van der Waals surface area contributed by atoms with Crippen LogP contribution in [0.25, 0.3) is 0 Å². The minimum Gasteiger partial charge on any atom is -0.310 e. The quantitative estimate of drug-likeness (QED) is 0.781. The molecule has 4 nitrogen and oxygen atoms in total. The van der Waals surface area contributed by atoms with E-state index >= 15 is 0 Å². The van der Waals surface area contributed by atoms with Crippen molar-refractivity contribution >= 4 is 39.4 Å². The molecule has 2 rings (SSSR count). The summed E-state index contributed by atoms with van der Waals surface area (Å²) in [5.41, 5.74) is 1.16. The zero-order chi connectivity index (χ0) is 15.2. The zero-order valence-corrected chi connectivity index (χ0v) is 14.5. The van der Waals surface area contributed by atoms with Gasteiger partial charge in [0, 0.05) is 22.0 Å². The van der Waals surface area contributed by atoms with Crippen LogP contribution in [0, 0.1) is 6.92 Å². The molecular weight excluding hydrogens is 350 g/mol. The maximum atomic E-state index is 12.0. The Morgan fingerprint density at radius 3 is 2.95 bits per heavy atom. The highest BCUT2D eigenvalue weighted by molar-refractivity contribution is 9.10. The van der Waals surface area contributed by atoms with Gasteiger partial charge < -0.3 is 5.32 Å². The number of aryl methyl sites for hydroxylation is 2. The fraction of sp³-hybridized carbons (Fsp3) is 0.333. The number of anilines is 1. The standard InChI is InChI=1S/C15H18BrN3OS/c1-3-8-19-14(6-7-17-19)18-15(20)10-21-13-5-4-12(16)9-11(13)2/h4-7,9H,3,8,10H2,1-2H3,(H,18,20). The van der Waals surface area contributed by atoms with Gasteiger partial charge in [0.05, 0.1) is 11.9 Å². The number of nitrogens with zero attached hydrogens (tertiary/aromatic N) is 2. The normalized spacial score (nSPS) is 10.6. The molecule has 6 heteroatoms. The second-order valence-corrected chi connectivity index (χ2v) is 6.62. The number of carbonyl (C=O) groups excluding carboxylic acids is 1. The van der Waals surface area contributed by atoms with E-state index in [1.807, 2.05) is 29.8 Å². The van der Waals surface area contributed by atoms with E-state index < -0.39 is 0 Å². The van der Waals surface area contributed by atoms with Gasteiger partial charge in [-0.25, -0.2) is 4.68 Å². The Morgan fingerprint density at radius 2 is 2.24 bits per heavy atom. The van der Waals surface area contributed by atoms with E-state index in [2.05, 4.69) is 39.3 Å². The Morgan fingerprint density at radius 1 is 1.43 bits per heavy atom. The fourth-order valence-electron chi connectivity index (χ4n) is 1.93. The van der Waals surface area contributed by atoms with Gasteiger partial charge in [0.15, 0.2) is 0 Å². The minimum absolute atomic E-state index is 0.0137. The summed E-state index contributed by atoms with van der Waals surface area (Å²) in [6, 6.07) is 7.89. The van der Waals surface area contributed by atoms with E-state index in [0.717, 1.165) is 33.7 Å². The van der Waals surface area contributed by atoms with Crippen LogP contribution in [0.4, 0.5) is 5.82 Å². The number of thioether (sulfide) groups is 1. The van der Waals surface area contributed by atoms with E-state index in [9.17, 15) is 4.79 Å². The first-order valence-corrected chi connectivity index (χ1v) is 8.58. The highest BCUT2D eigenvalue weighted by atomic mass is 79.9. The lowest BCUT2D eigenvalue weighted by atomic mass is 10.2. The van der Waals surface area contributed by atoms with E-state index in [1.54, 1.807) is 18.0 Å². The SMILES string of the molecule is CCCn1nccc1NC(=O)CSc1ccc(Br)cc1C. The molecule has 112 valence electrons. The van der Waals surface area contributed by atoms with Crippen molar-refractivity contribution in [3.8, 4) is 0 Å². The third-order valence-electron chi connectivity index (χ3n) is 2.92. The predicted molar refractivity (Wildman–Crippen MR) is 90.8 cm³/mol. The fourth-order valence-corrected chi connectivity index (χ4v) is 3.21. The molecule has 1 aromatic heterocycles. The number of nitrogens with one attached hydrogen (secondary N) is 1. The van der Waals surface area contributed by atoms with Gasteiger partial charge in [0.1, 0.15) is 5.82 Å². The van der Waals surface area contributed by atoms with Gasteiger partial charge in [0.2, 0.25) is 5.91 Å². The highest BCUT2D eigenvalue weighted by Gasteiger charge is 2.08. The van der Waals surface area contributed by atoms with Gasteiger partial charge in [0.25, 0.3) is 0 Å². The molecule has 0 saturated carbocycles. The summed E-state index contributed by atoms with van der Waals surface area (Å²) in [5.74, 6) is 1.13. The molecule has 0 aliphatic rings. The van der Waals surface area contributed by atoms with Gasteiger partial charge in [-0.2, -0.15) is 5.10 Å². The van der Waals surface area contributed by atoms with Crippen LogP contribution >= 0.6 is 27.7 Å². The number of hydrogen-bond acceptors (Lipinski definition) is 3. The first-order valence-electron chi connectivity index (χ1n) is 6.80. The molecule has 1 heterocycles. The summed E-state index contributed by atoms with van der Waals surface area (Å²) >= 11 is 4.98. The Bertz CT molecular complexity index is 627. The number of rotatable bonds is 6. The predicted octanol–water partition coefficient (Wildman–Crippen LogP) is 4.09. The van der Waals surface area contributed by atoms with Crippen molar-refractivity contribution in [2.24, 2.45) is 0 Å². The number of carbonyl (C=O) groups is 1. The van der Waals surface area contributed by atoms with E-state index in [4.69, 9.17) is 0 Å². The Balaban J connectivity index is 1.91. The van der Waals surface area contributed by atoms with Gasteiger partial charge in [-0.05, 0) is 37.1 Å². The van der Waals surface area contributed by atoms with Crippen LogP contribution in [0.1, 0.15) is 18.9 Å². The molecule has 21 heavy (non-hydrogen) atoms. The molecule has 0 unspecified atom stereocenters. The van der Waals surface area contributed by atoms with Crippen LogP contribution < -0.4 is 5.32 Å². The number of halogens is 1. The second-order valence-electron chi connectivity index (χ2n) is 4.69. The maximum absolute atomic E-state index is 12.0. The first kappa shape index (κ1) is 16.1. The molecule has 0 aliphatic carbocycles. The summed E-state index contributed by atoms with van der Waals surface area (Å²) in [5, 5.41) is 7.10. The number of benzene rings is 1. The van der Waals surface area contributed by atoms with Crippen LogP contribution in [-0.2, 0) is 11.3 Å². The van der Waals surface area contributed by atoms with Crippen molar-refractivity contribution in [3.05, 3.63) is 40.5 Å². The lowest BCUT2D eigenvalue weighted by Gasteiger charge is -2.09. The first-order chi connectivity index (χ1) is 10.1. The van der Waals surface area contributed by atoms with E-state index in [-0.39, 0.29) is 5.91 Å². The van der Waals surface area contributed by atoms with Gasteiger partial charge >= 0.3 is 0 Å². The smallest absolute Gasteiger partial charge is 0.235 e. The number of amides is 1. The molecule has 0 bridgehead atoms. The van der Waals surface area contributed by atoms with Gasteiger partial charge in [-0.3, -0.25) is 4.79 Å². The lowest BCUT2D eigenvalue weighted by Crippen LogP contribution is -2.17. The van der Waals surface area contributed by atoms with Crippen molar-refractivity contribution in [1.82, 2.24) is 9.78 Å². The Hall–Kier alpha value is -1.27. The molecule has 0 radical (unpaired) electrons.